The van der Waals surface area contributed by atoms with Gasteiger partial charge >= 0.3 is 0 Å². The predicted octanol–water partition coefficient (Wildman–Crippen LogP) is 4.40. The third-order valence-corrected chi connectivity index (χ3v) is 5.77. The molecule has 2 aromatic heterocycles. The summed E-state index contributed by atoms with van der Waals surface area (Å²) in [5.74, 6) is 0. The molecular formula is C24H32N4. The van der Waals surface area contributed by atoms with Gasteiger partial charge in [0.15, 0.2) is 0 Å². The van der Waals surface area contributed by atoms with Crippen LogP contribution in [0.15, 0.2) is 42.6 Å². The Morgan fingerprint density at radius 3 is 2.57 bits per heavy atom. The van der Waals surface area contributed by atoms with Crippen LogP contribution in [-0.2, 0) is 12.0 Å². The van der Waals surface area contributed by atoms with Gasteiger partial charge in [0.05, 0.1) is 11.4 Å². The smallest absolute Gasteiger partial charge is 0.140 e. The minimum Gasteiger partial charge on any atom is -0.315 e. The fraction of sp³-hybridized carbons (Fsp3) is 0.458. The number of nitrogens with zero attached hydrogens (tertiary/aromatic N) is 3. The lowest BCUT2D eigenvalue weighted by Gasteiger charge is -2.21. The molecule has 1 aromatic carbocycles. The molecule has 0 unspecified atom stereocenters. The van der Waals surface area contributed by atoms with Crippen LogP contribution in [0.4, 0.5) is 0 Å². The minimum absolute atomic E-state index is 0.163. The van der Waals surface area contributed by atoms with Crippen molar-refractivity contribution >= 4 is 5.65 Å². The molecule has 148 valence electrons. The van der Waals surface area contributed by atoms with Gasteiger partial charge < -0.3 is 9.72 Å². The molecule has 4 rings (SSSR count). The van der Waals surface area contributed by atoms with E-state index in [1.165, 1.54) is 28.8 Å². The van der Waals surface area contributed by atoms with E-state index in [0.717, 1.165) is 44.1 Å². The van der Waals surface area contributed by atoms with Crippen molar-refractivity contribution in [1.82, 2.24) is 19.6 Å². The lowest BCUT2D eigenvalue weighted by Crippen LogP contribution is -2.28. The van der Waals surface area contributed by atoms with Crippen molar-refractivity contribution in [1.29, 1.82) is 0 Å². The Balaban J connectivity index is 1.77. The number of fused-ring (bicyclic) bond motifs is 1. The quantitative estimate of drug-likeness (QED) is 0.735. The van der Waals surface area contributed by atoms with E-state index >= 15 is 0 Å². The topological polar surface area (TPSA) is 32.6 Å². The molecule has 3 aromatic rings. The monoisotopic (exact) mass is 376 g/mol. The van der Waals surface area contributed by atoms with E-state index in [4.69, 9.17) is 4.98 Å². The molecule has 0 aliphatic carbocycles. The lowest BCUT2D eigenvalue weighted by atomic mass is 9.86. The summed E-state index contributed by atoms with van der Waals surface area (Å²) < 4.78 is 2.29. The zero-order chi connectivity index (χ0) is 19.7. The van der Waals surface area contributed by atoms with E-state index in [1.807, 2.05) is 0 Å². The summed E-state index contributed by atoms with van der Waals surface area (Å²) in [4.78, 5) is 7.64. The zero-order valence-corrected chi connectivity index (χ0v) is 17.6. The highest BCUT2D eigenvalue weighted by Crippen LogP contribution is 2.30. The maximum Gasteiger partial charge on any atom is 0.140 e. The number of rotatable bonds is 3. The van der Waals surface area contributed by atoms with Crippen molar-refractivity contribution in [3.05, 3.63) is 59.4 Å². The van der Waals surface area contributed by atoms with Gasteiger partial charge in [0.25, 0.3) is 0 Å². The molecule has 4 heteroatoms. The zero-order valence-electron chi connectivity index (χ0n) is 17.6. The Kier molecular flexibility index (Phi) is 5.26. The molecule has 1 saturated heterocycles. The van der Waals surface area contributed by atoms with Gasteiger partial charge in [-0.15, -0.1) is 0 Å². The van der Waals surface area contributed by atoms with Crippen molar-refractivity contribution in [3.63, 3.8) is 0 Å². The maximum absolute atomic E-state index is 5.08. The van der Waals surface area contributed by atoms with Crippen LogP contribution in [0.2, 0.25) is 0 Å². The van der Waals surface area contributed by atoms with E-state index in [-0.39, 0.29) is 5.41 Å². The molecule has 0 amide bonds. The Morgan fingerprint density at radius 1 is 1.04 bits per heavy atom. The second-order valence-corrected chi connectivity index (χ2v) is 9.00. The molecule has 0 saturated carbocycles. The molecule has 3 heterocycles. The van der Waals surface area contributed by atoms with Crippen LogP contribution in [-0.4, -0.2) is 40.5 Å². The predicted molar refractivity (Wildman–Crippen MR) is 117 cm³/mol. The molecule has 1 aliphatic rings. The number of imidazole rings is 1. The Labute approximate surface area is 168 Å². The van der Waals surface area contributed by atoms with Gasteiger partial charge in [0.1, 0.15) is 5.65 Å². The molecule has 0 radical (unpaired) electrons. The van der Waals surface area contributed by atoms with Crippen molar-refractivity contribution in [2.75, 3.05) is 26.2 Å². The Bertz CT molecular complexity index is 939. The summed E-state index contributed by atoms with van der Waals surface area (Å²) in [7, 11) is 0. The normalized spacial score (nSPS) is 16.4. The average molecular weight is 377 g/mol. The largest absolute Gasteiger partial charge is 0.315 e. The summed E-state index contributed by atoms with van der Waals surface area (Å²) in [6.45, 7) is 14.3. The summed E-state index contributed by atoms with van der Waals surface area (Å²) in [5.41, 5.74) is 7.43. The van der Waals surface area contributed by atoms with Crippen LogP contribution in [0.5, 0.6) is 0 Å². The second-order valence-electron chi connectivity index (χ2n) is 9.00. The van der Waals surface area contributed by atoms with Gasteiger partial charge in [0, 0.05) is 31.4 Å². The van der Waals surface area contributed by atoms with Crippen molar-refractivity contribution in [3.8, 4) is 11.3 Å². The highest BCUT2D eigenvalue weighted by molar-refractivity contribution is 5.68. The number of aryl methyl sites for hydroxylation is 1. The molecule has 1 N–H and O–H groups in total. The van der Waals surface area contributed by atoms with Crippen molar-refractivity contribution in [2.45, 2.75) is 46.1 Å². The van der Waals surface area contributed by atoms with Gasteiger partial charge in [0.2, 0.25) is 0 Å². The summed E-state index contributed by atoms with van der Waals surface area (Å²) in [5, 5.41) is 3.51. The fourth-order valence-electron chi connectivity index (χ4n) is 4.03. The van der Waals surface area contributed by atoms with E-state index in [2.05, 4.69) is 84.9 Å². The van der Waals surface area contributed by atoms with E-state index in [1.54, 1.807) is 0 Å². The number of benzene rings is 1. The Morgan fingerprint density at radius 2 is 1.82 bits per heavy atom. The highest BCUT2D eigenvalue weighted by atomic mass is 15.2. The highest BCUT2D eigenvalue weighted by Gasteiger charge is 2.20. The Hall–Kier alpha value is -2.17. The van der Waals surface area contributed by atoms with Gasteiger partial charge in [-0.05, 0) is 49.0 Å². The molecule has 28 heavy (non-hydrogen) atoms. The first-order valence-corrected chi connectivity index (χ1v) is 10.4. The lowest BCUT2D eigenvalue weighted by molar-refractivity contribution is 0.281. The first-order chi connectivity index (χ1) is 13.4. The second kappa shape index (κ2) is 7.69. The summed E-state index contributed by atoms with van der Waals surface area (Å²) in [6, 6.07) is 13.3. The van der Waals surface area contributed by atoms with Crippen LogP contribution in [0, 0.1) is 6.92 Å². The van der Waals surface area contributed by atoms with E-state index in [0.29, 0.717) is 0 Å². The van der Waals surface area contributed by atoms with Gasteiger partial charge in [-0.3, -0.25) is 4.90 Å². The van der Waals surface area contributed by atoms with Crippen LogP contribution in [0.25, 0.3) is 16.9 Å². The van der Waals surface area contributed by atoms with Gasteiger partial charge in [-0.25, -0.2) is 4.98 Å². The molecule has 0 spiro atoms. The fourth-order valence-corrected chi connectivity index (χ4v) is 4.03. The van der Waals surface area contributed by atoms with Crippen LogP contribution >= 0.6 is 0 Å². The summed E-state index contributed by atoms with van der Waals surface area (Å²) >= 11 is 0. The average Bonchev–Trinajstić information content (AvgIpc) is 2.84. The van der Waals surface area contributed by atoms with Gasteiger partial charge in [-0.1, -0.05) is 51.1 Å². The molecule has 1 aliphatic heterocycles. The van der Waals surface area contributed by atoms with Crippen LogP contribution in [0.3, 0.4) is 0 Å². The number of aromatic nitrogens is 2. The van der Waals surface area contributed by atoms with Crippen molar-refractivity contribution < 1.29 is 0 Å². The third kappa shape index (κ3) is 3.85. The van der Waals surface area contributed by atoms with E-state index < -0.39 is 0 Å². The number of hydrogen-bond donors (Lipinski definition) is 1. The molecule has 0 atom stereocenters. The molecule has 1 fully saturated rings. The van der Waals surface area contributed by atoms with E-state index in [9.17, 15) is 0 Å². The minimum atomic E-state index is 0.163. The van der Waals surface area contributed by atoms with Gasteiger partial charge in [-0.2, -0.15) is 0 Å². The summed E-state index contributed by atoms with van der Waals surface area (Å²) in [6.07, 6.45) is 3.36. The first kappa shape index (κ1) is 19.2. The number of hydrogen-bond acceptors (Lipinski definition) is 3. The standard InChI is InChI=1S/C24H32N4/c1-18-7-5-15-28-21(17-27-14-6-12-25-13-16-27)22(26-23(18)28)19-8-10-20(11-9-19)24(2,3)4/h5,7-11,15,25H,6,12-14,16-17H2,1-4H3. The molecule has 0 bridgehead atoms. The van der Waals surface area contributed by atoms with Crippen molar-refractivity contribution in [2.24, 2.45) is 0 Å². The van der Waals surface area contributed by atoms with Crippen LogP contribution in [0.1, 0.15) is 44.0 Å². The SMILES string of the molecule is Cc1cccn2c(CN3CCCNCC3)c(-c3ccc(C(C)(C)C)cc3)nc12. The number of nitrogens with one attached hydrogen (secondary N) is 1. The number of pyridine rings is 1. The first-order valence-electron chi connectivity index (χ1n) is 10.4. The maximum atomic E-state index is 5.08. The van der Waals surface area contributed by atoms with Crippen LogP contribution < -0.4 is 5.32 Å². The molecule has 4 nitrogen and oxygen atoms in total. The third-order valence-electron chi connectivity index (χ3n) is 5.77. The molecular weight excluding hydrogens is 344 g/mol.